The van der Waals surface area contributed by atoms with Gasteiger partial charge in [-0.2, -0.15) is 5.10 Å². The average Bonchev–Trinajstić information content (AvgIpc) is 2.94. The van der Waals surface area contributed by atoms with Gasteiger partial charge in [0.1, 0.15) is 11.6 Å². The van der Waals surface area contributed by atoms with Gasteiger partial charge in [0.15, 0.2) is 5.54 Å². The molecule has 0 saturated carbocycles. The lowest BCUT2D eigenvalue weighted by Crippen LogP contribution is -2.51. The number of carbonyl (C=O) groups is 1. The monoisotopic (exact) mass is 335 g/mol. The summed E-state index contributed by atoms with van der Waals surface area (Å²) in [6.07, 6.45) is 4.17. The van der Waals surface area contributed by atoms with E-state index in [1.165, 1.54) is 16.8 Å². The third kappa shape index (κ3) is 3.17. The van der Waals surface area contributed by atoms with Gasteiger partial charge in [-0.15, -0.1) is 0 Å². The van der Waals surface area contributed by atoms with Crippen LogP contribution in [0.3, 0.4) is 0 Å². The van der Waals surface area contributed by atoms with Gasteiger partial charge in [0.05, 0.1) is 6.20 Å². The highest BCUT2D eigenvalue weighted by atomic mass is 19.1. The van der Waals surface area contributed by atoms with Crippen molar-refractivity contribution in [1.82, 2.24) is 14.7 Å². The summed E-state index contributed by atoms with van der Waals surface area (Å²) in [7, 11) is 0. The Kier molecular flexibility index (Phi) is 4.36. The zero-order chi connectivity index (χ0) is 17.3. The van der Waals surface area contributed by atoms with Crippen LogP contribution in [0, 0.1) is 18.6 Å². The topological polar surface area (TPSA) is 58.4 Å². The van der Waals surface area contributed by atoms with Gasteiger partial charge in [0.2, 0.25) is 0 Å². The van der Waals surface area contributed by atoms with Gasteiger partial charge in [-0.25, -0.2) is 13.6 Å². The van der Waals surface area contributed by atoms with E-state index in [9.17, 15) is 18.7 Å². The van der Waals surface area contributed by atoms with E-state index in [2.05, 4.69) is 5.10 Å². The quantitative estimate of drug-likeness (QED) is 0.933. The van der Waals surface area contributed by atoms with Crippen molar-refractivity contribution in [2.45, 2.75) is 31.8 Å². The molecule has 0 spiro atoms. The number of benzene rings is 1. The van der Waals surface area contributed by atoms with Gasteiger partial charge >= 0.3 is 5.97 Å². The number of likely N-dealkylation sites (tertiary alicyclic amines) is 1. The average molecular weight is 335 g/mol. The van der Waals surface area contributed by atoms with Gasteiger partial charge in [0.25, 0.3) is 0 Å². The van der Waals surface area contributed by atoms with Crippen molar-refractivity contribution in [1.29, 1.82) is 0 Å². The summed E-state index contributed by atoms with van der Waals surface area (Å²) in [4.78, 5) is 13.9. The fourth-order valence-electron chi connectivity index (χ4n) is 3.23. The molecule has 0 amide bonds. The summed E-state index contributed by atoms with van der Waals surface area (Å²) in [5.74, 6) is -2.11. The van der Waals surface area contributed by atoms with Crippen LogP contribution in [-0.2, 0) is 16.9 Å². The molecule has 0 aliphatic carbocycles. The molecule has 3 rings (SSSR count). The number of aryl methyl sites for hydroxylation is 1. The van der Waals surface area contributed by atoms with Crippen LogP contribution in [0.4, 0.5) is 8.78 Å². The maximum atomic E-state index is 13.3. The summed E-state index contributed by atoms with van der Waals surface area (Å²) >= 11 is 0. The maximum Gasteiger partial charge on any atom is 0.331 e. The number of piperidine rings is 1. The smallest absolute Gasteiger partial charge is 0.331 e. The van der Waals surface area contributed by atoms with E-state index in [0.29, 0.717) is 38.0 Å². The van der Waals surface area contributed by atoms with E-state index in [4.69, 9.17) is 0 Å². The third-order valence-electron chi connectivity index (χ3n) is 4.56. The Bertz CT molecular complexity index is 732. The third-order valence-corrected chi connectivity index (χ3v) is 4.56. The highest BCUT2D eigenvalue weighted by Gasteiger charge is 2.44. The number of carboxylic acids is 1. The Balaban J connectivity index is 1.73. The number of rotatable bonds is 4. The van der Waals surface area contributed by atoms with Crippen molar-refractivity contribution in [3.05, 3.63) is 53.4 Å². The Hall–Kier alpha value is -2.28. The van der Waals surface area contributed by atoms with Crippen LogP contribution in [-0.4, -0.2) is 38.8 Å². The Morgan fingerprint density at radius 3 is 2.38 bits per heavy atom. The molecular weight excluding hydrogens is 316 g/mol. The Morgan fingerprint density at radius 1 is 1.25 bits per heavy atom. The molecule has 0 bridgehead atoms. The van der Waals surface area contributed by atoms with E-state index in [1.807, 2.05) is 11.8 Å². The number of carboxylic acid groups (broad SMARTS) is 1. The van der Waals surface area contributed by atoms with Crippen molar-refractivity contribution in [3.63, 3.8) is 0 Å². The molecule has 2 heterocycles. The first kappa shape index (κ1) is 16.6. The number of hydrogen-bond donors (Lipinski definition) is 1. The molecule has 24 heavy (non-hydrogen) atoms. The SMILES string of the molecule is Cc1cnn(C2(C(=O)O)CCN(Cc3cc(F)cc(F)c3)CC2)c1. The fourth-order valence-corrected chi connectivity index (χ4v) is 3.23. The van der Waals surface area contributed by atoms with Crippen LogP contribution < -0.4 is 0 Å². The van der Waals surface area contributed by atoms with Gasteiger partial charge in [0, 0.05) is 31.9 Å². The molecule has 5 nitrogen and oxygen atoms in total. The maximum absolute atomic E-state index is 13.3. The first-order valence-electron chi connectivity index (χ1n) is 7.81. The van der Waals surface area contributed by atoms with Crippen molar-refractivity contribution in [2.24, 2.45) is 0 Å². The van der Waals surface area contributed by atoms with E-state index >= 15 is 0 Å². The molecule has 1 fully saturated rings. The Labute approximate surface area is 138 Å². The summed E-state index contributed by atoms with van der Waals surface area (Å²) in [5, 5.41) is 13.9. The minimum atomic E-state index is -1.06. The molecule has 0 unspecified atom stereocenters. The summed E-state index contributed by atoms with van der Waals surface area (Å²) in [6.45, 7) is 3.29. The second kappa shape index (κ2) is 6.32. The minimum Gasteiger partial charge on any atom is -0.479 e. The molecule has 1 saturated heterocycles. The van der Waals surface area contributed by atoms with E-state index in [1.54, 1.807) is 12.4 Å². The van der Waals surface area contributed by atoms with Crippen molar-refractivity contribution in [2.75, 3.05) is 13.1 Å². The second-order valence-corrected chi connectivity index (χ2v) is 6.35. The van der Waals surface area contributed by atoms with Gasteiger partial charge in [-0.05, 0) is 43.0 Å². The molecule has 2 aromatic rings. The van der Waals surface area contributed by atoms with Crippen molar-refractivity contribution in [3.8, 4) is 0 Å². The molecule has 0 atom stereocenters. The van der Waals surface area contributed by atoms with E-state index in [-0.39, 0.29) is 0 Å². The van der Waals surface area contributed by atoms with Crippen molar-refractivity contribution < 1.29 is 18.7 Å². The predicted molar refractivity (Wildman–Crippen MR) is 83.4 cm³/mol. The summed E-state index contributed by atoms with van der Waals surface area (Å²) < 4.78 is 28.1. The van der Waals surface area contributed by atoms with Crippen LogP contribution in [0.5, 0.6) is 0 Å². The molecule has 7 heteroatoms. The molecule has 1 aromatic carbocycles. The highest BCUT2D eigenvalue weighted by molar-refractivity contribution is 5.76. The van der Waals surface area contributed by atoms with Crippen LogP contribution in [0.15, 0.2) is 30.6 Å². The van der Waals surface area contributed by atoms with Crippen molar-refractivity contribution >= 4 is 5.97 Å². The largest absolute Gasteiger partial charge is 0.479 e. The van der Waals surface area contributed by atoms with Gasteiger partial charge in [-0.1, -0.05) is 0 Å². The summed E-state index contributed by atoms with van der Waals surface area (Å²) in [5.41, 5.74) is 0.399. The van der Waals surface area contributed by atoms with Crippen LogP contribution in [0.25, 0.3) is 0 Å². The lowest BCUT2D eigenvalue weighted by molar-refractivity contribution is -0.151. The molecule has 128 valence electrons. The first-order chi connectivity index (χ1) is 11.4. The number of halogens is 2. The lowest BCUT2D eigenvalue weighted by Gasteiger charge is -2.39. The molecule has 1 N–H and O–H groups in total. The minimum absolute atomic E-state index is 0.390. The fraction of sp³-hybridized carbons (Fsp3) is 0.412. The van der Waals surface area contributed by atoms with E-state index in [0.717, 1.165) is 11.6 Å². The molecular formula is C17H19F2N3O2. The number of aromatic nitrogens is 2. The number of aliphatic carboxylic acids is 1. The zero-order valence-corrected chi connectivity index (χ0v) is 13.4. The molecule has 1 aromatic heterocycles. The number of hydrogen-bond acceptors (Lipinski definition) is 3. The summed E-state index contributed by atoms with van der Waals surface area (Å²) in [6, 6.07) is 3.45. The number of nitrogens with zero attached hydrogens (tertiary/aromatic N) is 3. The first-order valence-corrected chi connectivity index (χ1v) is 7.81. The van der Waals surface area contributed by atoms with Crippen LogP contribution in [0.2, 0.25) is 0 Å². The predicted octanol–water partition coefficient (Wildman–Crippen LogP) is 2.55. The molecule has 0 radical (unpaired) electrons. The highest BCUT2D eigenvalue weighted by Crippen LogP contribution is 2.31. The van der Waals surface area contributed by atoms with Crippen LogP contribution >= 0.6 is 0 Å². The lowest BCUT2D eigenvalue weighted by atomic mass is 9.87. The Morgan fingerprint density at radius 2 is 1.88 bits per heavy atom. The van der Waals surface area contributed by atoms with Gasteiger partial charge < -0.3 is 5.11 Å². The standard InChI is InChI=1S/C17H19F2N3O2/c1-12-9-20-22(10-12)17(16(23)24)2-4-21(5-3-17)11-13-6-14(18)8-15(19)7-13/h6-10H,2-5,11H2,1H3,(H,23,24). The zero-order valence-electron chi connectivity index (χ0n) is 13.4. The normalized spacial score (nSPS) is 17.8. The van der Waals surface area contributed by atoms with Gasteiger partial charge in [-0.3, -0.25) is 9.58 Å². The second-order valence-electron chi connectivity index (χ2n) is 6.35. The molecule has 1 aliphatic rings. The van der Waals surface area contributed by atoms with Crippen LogP contribution in [0.1, 0.15) is 24.0 Å². The van der Waals surface area contributed by atoms with E-state index < -0.39 is 23.1 Å². The molecule has 1 aliphatic heterocycles.